The van der Waals surface area contributed by atoms with Crippen molar-refractivity contribution in [3.63, 3.8) is 0 Å². The van der Waals surface area contributed by atoms with E-state index >= 15 is 0 Å². The van der Waals surface area contributed by atoms with Crippen molar-refractivity contribution in [3.8, 4) is 11.5 Å². The van der Waals surface area contributed by atoms with E-state index in [-0.39, 0.29) is 5.78 Å². The fourth-order valence-electron chi connectivity index (χ4n) is 1.88. The summed E-state index contributed by atoms with van der Waals surface area (Å²) in [6.45, 7) is 2.65. The van der Waals surface area contributed by atoms with Gasteiger partial charge >= 0.3 is 0 Å². The third-order valence-corrected chi connectivity index (χ3v) is 3.41. The van der Waals surface area contributed by atoms with Crippen molar-refractivity contribution in [1.29, 1.82) is 0 Å². The van der Waals surface area contributed by atoms with Crippen LogP contribution in [0.4, 0.5) is 0 Å². The number of ether oxygens (including phenoxy) is 2. The minimum absolute atomic E-state index is 0.0820. The molecule has 0 atom stereocenters. The molecule has 2 aromatic rings. The van der Waals surface area contributed by atoms with Gasteiger partial charge in [-0.05, 0) is 30.3 Å². The van der Waals surface area contributed by atoms with Crippen LogP contribution in [0.2, 0.25) is 0 Å². The predicted molar refractivity (Wildman–Crippen MR) is 86.2 cm³/mol. The van der Waals surface area contributed by atoms with Crippen molar-refractivity contribution >= 4 is 21.7 Å². The van der Waals surface area contributed by atoms with Gasteiger partial charge in [-0.25, -0.2) is 0 Å². The maximum absolute atomic E-state index is 11.8. The smallest absolute Gasteiger partial charge is 0.166 e. The van der Waals surface area contributed by atoms with Gasteiger partial charge in [0, 0.05) is 10.9 Å². The fraction of sp³-hybridized carbons (Fsp3) is 0.235. The van der Waals surface area contributed by atoms with E-state index in [1.165, 1.54) is 0 Å². The lowest BCUT2D eigenvalue weighted by atomic mass is 10.1. The minimum atomic E-state index is 0.0820. The van der Waals surface area contributed by atoms with Crippen LogP contribution in [-0.4, -0.2) is 19.0 Å². The summed E-state index contributed by atoms with van der Waals surface area (Å²) in [4.78, 5) is 11.8. The zero-order valence-corrected chi connectivity index (χ0v) is 13.4. The molecule has 0 unspecified atom stereocenters. The number of rotatable bonds is 7. The van der Waals surface area contributed by atoms with E-state index in [4.69, 9.17) is 9.47 Å². The molecule has 0 radical (unpaired) electrons. The summed E-state index contributed by atoms with van der Waals surface area (Å²) in [6.07, 6.45) is 0.467. The fourth-order valence-corrected chi connectivity index (χ4v) is 2.26. The van der Waals surface area contributed by atoms with Gasteiger partial charge in [-0.2, -0.15) is 0 Å². The number of hydrogen-bond acceptors (Lipinski definition) is 3. The molecule has 0 bridgehead atoms. The molecule has 0 aliphatic carbocycles. The Labute approximate surface area is 133 Å². The summed E-state index contributed by atoms with van der Waals surface area (Å²) < 4.78 is 12.2. The minimum Gasteiger partial charge on any atom is -0.490 e. The highest BCUT2D eigenvalue weighted by atomic mass is 79.9. The largest absolute Gasteiger partial charge is 0.490 e. The topological polar surface area (TPSA) is 35.5 Å². The van der Waals surface area contributed by atoms with E-state index in [1.807, 2.05) is 49.4 Å². The van der Waals surface area contributed by atoms with Gasteiger partial charge in [0.2, 0.25) is 0 Å². The van der Waals surface area contributed by atoms with E-state index in [0.717, 1.165) is 10.2 Å². The van der Waals surface area contributed by atoms with Gasteiger partial charge in [-0.3, -0.25) is 4.79 Å². The highest BCUT2D eigenvalue weighted by molar-refractivity contribution is 9.10. The molecule has 0 spiro atoms. The molecule has 2 aromatic carbocycles. The highest BCUT2D eigenvalue weighted by Gasteiger charge is 2.09. The van der Waals surface area contributed by atoms with Gasteiger partial charge in [-0.1, -0.05) is 41.1 Å². The number of carbonyl (C=O) groups excluding carboxylic acids is 1. The first-order valence-electron chi connectivity index (χ1n) is 6.84. The number of hydrogen-bond donors (Lipinski definition) is 0. The predicted octanol–water partition coefficient (Wildman–Crippen LogP) is 4.50. The molecule has 0 saturated heterocycles. The van der Waals surface area contributed by atoms with Gasteiger partial charge < -0.3 is 9.47 Å². The summed E-state index contributed by atoms with van der Waals surface area (Å²) in [5.41, 5.74) is 0.627. The van der Waals surface area contributed by atoms with Crippen LogP contribution in [0, 0.1) is 0 Å². The number of benzene rings is 2. The van der Waals surface area contributed by atoms with Crippen LogP contribution in [0.1, 0.15) is 23.7 Å². The van der Waals surface area contributed by atoms with Crippen molar-refractivity contribution in [2.45, 2.75) is 13.3 Å². The Bertz CT molecular complexity index is 610. The Morgan fingerprint density at radius 2 is 1.81 bits per heavy atom. The number of halogens is 1. The van der Waals surface area contributed by atoms with Crippen LogP contribution in [0.3, 0.4) is 0 Å². The molecule has 0 fully saturated rings. The first-order valence-corrected chi connectivity index (χ1v) is 7.63. The second kappa shape index (κ2) is 7.84. The first kappa shape index (κ1) is 15.6. The van der Waals surface area contributed by atoms with Crippen molar-refractivity contribution in [2.75, 3.05) is 13.2 Å². The molecular weight excluding hydrogens is 332 g/mol. The second-order valence-corrected chi connectivity index (χ2v) is 5.34. The van der Waals surface area contributed by atoms with Crippen LogP contribution < -0.4 is 9.47 Å². The average molecular weight is 349 g/mol. The Hall–Kier alpha value is -1.81. The molecule has 0 aliphatic heterocycles. The number of para-hydroxylation sites is 1. The van der Waals surface area contributed by atoms with Gasteiger partial charge in [0.1, 0.15) is 24.7 Å². The molecule has 4 heteroatoms. The van der Waals surface area contributed by atoms with Crippen molar-refractivity contribution in [3.05, 3.63) is 58.6 Å². The Kier molecular flexibility index (Phi) is 5.81. The van der Waals surface area contributed by atoms with E-state index in [9.17, 15) is 4.79 Å². The molecule has 0 N–H and O–H groups in total. The lowest BCUT2D eigenvalue weighted by Crippen LogP contribution is -2.11. The molecule has 0 amide bonds. The normalized spacial score (nSPS) is 10.2. The maximum atomic E-state index is 11.8. The lowest BCUT2D eigenvalue weighted by Gasteiger charge is -2.11. The zero-order valence-electron chi connectivity index (χ0n) is 11.8. The molecule has 0 saturated carbocycles. The number of carbonyl (C=O) groups is 1. The summed E-state index contributed by atoms with van der Waals surface area (Å²) in [6, 6.07) is 14.9. The molecule has 0 aliphatic rings. The SMILES string of the molecule is CCC(=O)c1ccccc1OCCOc1cccc(Br)c1. The van der Waals surface area contributed by atoms with Gasteiger partial charge in [-0.15, -0.1) is 0 Å². The summed E-state index contributed by atoms with van der Waals surface area (Å²) >= 11 is 3.39. The molecule has 3 nitrogen and oxygen atoms in total. The van der Waals surface area contributed by atoms with E-state index in [2.05, 4.69) is 15.9 Å². The highest BCUT2D eigenvalue weighted by Crippen LogP contribution is 2.20. The summed E-state index contributed by atoms with van der Waals surface area (Å²) in [7, 11) is 0. The van der Waals surface area contributed by atoms with Crippen molar-refractivity contribution in [2.24, 2.45) is 0 Å². The third-order valence-electron chi connectivity index (χ3n) is 2.91. The Morgan fingerprint density at radius 3 is 2.57 bits per heavy atom. The van der Waals surface area contributed by atoms with Crippen LogP contribution in [0.5, 0.6) is 11.5 Å². The summed E-state index contributed by atoms with van der Waals surface area (Å²) in [5.74, 6) is 1.48. The number of Topliss-reactive ketones (excluding diaryl/α,β-unsaturated/α-hetero) is 1. The number of ketones is 1. The van der Waals surface area contributed by atoms with Gasteiger partial charge in [0.05, 0.1) is 5.56 Å². The molecular formula is C17H17BrO3. The maximum Gasteiger partial charge on any atom is 0.166 e. The third kappa shape index (κ3) is 4.60. The van der Waals surface area contributed by atoms with Crippen molar-refractivity contribution < 1.29 is 14.3 Å². The van der Waals surface area contributed by atoms with Crippen LogP contribution in [0.15, 0.2) is 53.0 Å². The molecule has 21 heavy (non-hydrogen) atoms. The van der Waals surface area contributed by atoms with Gasteiger partial charge in [0.15, 0.2) is 5.78 Å². The zero-order chi connectivity index (χ0) is 15.1. The Balaban J connectivity index is 1.88. The van der Waals surface area contributed by atoms with Gasteiger partial charge in [0.25, 0.3) is 0 Å². The Morgan fingerprint density at radius 1 is 1.05 bits per heavy atom. The van der Waals surface area contributed by atoms with Crippen molar-refractivity contribution in [1.82, 2.24) is 0 Å². The van der Waals surface area contributed by atoms with E-state index < -0.39 is 0 Å². The van der Waals surface area contributed by atoms with Crippen LogP contribution in [-0.2, 0) is 0 Å². The summed E-state index contributed by atoms with van der Waals surface area (Å²) in [5, 5.41) is 0. The monoisotopic (exact) mass is 348 g/mol. The van der Waals surface area contributed by atoms with Crippen LogP contribution in [0.25, 0.3) is 0 Å². The first-order chi connectivity index (χ1) is 10.2. The molecule has 0 heterocycles. The second-order valence-electron chi connectivity index (χ2n) is 4.43. The van der Waals surface area contributed by atoms with Crippen LogP contribution >= 0.6 is 15.9 Å². The molecule has 2 rings (SSSR count). The quantitative estimate of drug-likeness (QED) is 0.545. The standard InChI is InChI=1S/C17H17BrO3/c1-2-16(19)15-8-3-4-9-17(15)21-11-10-20-14-7-5-6-13(18)12-14/h3-9,12H,2,10-11H2,1H3. The molecule has 0 aromatic heterocycles. The van der Waals surface area contributed by atoms with E-state index in [0.29, 0.717) is 30.9 Å². The molecule has 110 valence electrons. The average Bonchev–Trinajstić information content (AvgIpc) is 2.51. The lowest BCUT2D eigenvalue weighted by molar-refractivity contribution is 0.0983. The van der Waals surface area contributed by atoms with E-state index in [1.54, 1.807) is 6.07 Å².